The van der Waals surface area contributed by atoms with Crippen LogP contribution in [0.3, 0.4) is 0 Å². The number of sulfone groups is 1. The van der Waals surface area contributed by atoms with Gasteiger partial charge in [0.25, 0.3) is 5.91 Å². The van der Waals surface area contributed by atoms with Gasteiger partial charge in [0.1, 0.15) is 17.4 Å². The van der Waals surface area contributed by atoms with E-state index in [-0.39, 0.29) is 47.4 Å². The van der Waals surface area contributed by atoms with Gasteiger partial charge in [-0.25, -0.2) is 17.8 Å². The monoisotopic (exact) mass is 963 g/mol. The zero-order chi connectivity index (χ0) is 47.8. The number of imide groups is 1. The number of β-amino-alcohol motifs (C(OH)–C–C–N with tert-alkyl or cyclic N) is 1. The van der Waals surface area contributed by atoms with E-state index < -0.39 is 69.3 Å². The maximum atomic E-state index is 16.1. The quantitative estimate of drug-likeness (QED) is 0.115. The first kappa shape index (κ1) is 47.0. The van der Waals surface area contributed by atoms with Crippen molar-refractivity contribution in [2.75, 3.05) is 60.9 Å². The van der Waals surface area contributed by atoms with E-state index in [0.29, 0.717) is 78.0 Å². The molecule has 362 valence electrons. The van der Waals surface area contributed by atoms with Crippen LogP contribution >= 0.6 is 0 Å². The molecule has 0 bridgehead atoms. The van der Waals surface area contributed by atoms with E-state index in [4.69, 9.17) is 0 Å². The van der Waals surface area contributed by atoms with Crippen LogP contribution < -0.4 is 20.4 Å². The zero-order valence-corrected chi connectivity index (χ0v) is 37.8. The minimum absolute atomic E-state index is 0.0732. The van der Waals surface area contributed by atoms with Gasteiger partial charge < -0.3 is 25.1 Å². The smallest absolute Gasteiger partial charge is 0.379 e. The molecule has 5 aliphatic rings. The number of nitrogens with one attached hydrogen (secondary N) is 2. The number of carbonyl (C=O) groups excluding carboxylic acids is 2. The number of carbonyl (C=O) groups is 2. The van der Waals surface area contributed by atoms with Crippen molar-refractivity contribution in [3.8, 4) is 0 Å². The molecule has 1 saturated carbocycles. The van der Waals surface area contributed by atoms with Crippen LogP contribution in [-0.2, 0) is 25.6 Å². The van der Waals surface area contributed by atoms with Gasteiger partial charge in [0, 0.05) is 44.5 Å². The highest BCUT2D eigenvalue weighted by molar-refractivity contribution is 7.92. The van der Waals surface area contributed by atoms with Crippen LogP contribution in [0, 0.1) is 31.0 Å². The van der Waals surface area contributed by atoms with Crippen molar-refractivity contribution in [1.82, 2.24) is 30.0 Å². The van der Waals surface area contributed by atoms with Gasteiger partial charge in [-0.2, -0.15) is 36.4 Å². The Morgan fingerprint density at radius 3 is 2.30 bits per heavy atom. The number of benzene rings is 2. The molecule has 4 saturated heterocycles. The fraction of sp³-hybridized carbons (Fsp3) is 0.578. The van der Waals surface area contributed by atoms with Gasteiger partial charge in [-0.1, -0.05) is 0 Å². The number of nitrogens with zero attached hydrogens (tertiary/aromatic N) is 7. The highest BCUT2D eigenvalue weighted by Crippen LogP contribution is 2.53. The first-order valence-corrected chi connectivity index (χ1v) is 24.2. The van der Waals surface area contributed by atoms with Gasteiger partial charge in [-0.3, -0.25) is 19.6 Å². The van der Waals surface area contributed by atoms with E-state index in [1.807, 2.05) is 0 Å². The number of halogens is 7. The van der Waals surface area contributed by atoms with Crippen molar-refractivity contribution in [2.45, 2.75) is 112 Å². The van der Waals surface area contributed by atoms with Gasteiger partial charge in [0.2, 0.25) is 11.9 Å². The summed E-state index contributed by atoms with van der Waals surface area (Å²) in [5.74, 6) is -1.87. The lowest BCUT2D eigenvalue weighted by Gasteiger charge is -2.52. The van der Waals surface area contributed by atoms with Crippen LogP contribution in [0.2, 0.25) is 0 Å². The lowest BCUT2D eigenvalue weighted by Crippen LogP contribution is -2.57. The van der Waals surface area contributed by atoms with Crippen LogP contribution in [0.5, 0.6) is 0 Å². The standard InChI is InChI=1S/C45H52F7N9O5S/c1-26-20-29(4-5-32(26)54-41-53-23-31(44(47,48)49)39(56-41)60-15-3-12-43(64,25-60)45(50,51)52)67(65,66)30-21-42(22-30)13-18-58(19-14-42)24-28-10-16-59(17-11-28)34-7-6-33-37(38(34)46)27(2)57-61(33)35-8-9-36(62)55-40(35)63/h4-7,20,23,28,30,35,64H,3,8-19,21-22,24-25H2,1-2H3,(H,53,54,56)(H,55,62,63). The van der Waals surface area contributed by atoms with Crippen molar-refractivity contribution in [1.29, 1.82) is 0 Å². The SMILES string of the molecule is Cc1cc(S(=O)(=O)C2CC3(CCN(CC4CCN(c5ccc6c(c(C)nn6C6CCC(=O)NC6=O)c5F)CC4)CC3)C2)ccc1Nc1ncc(C(F)(F)F)c(N2CCCC(O)(C(F)(F)F)C2)n1. The second-order valence-electron chi connectivity index (χ2n) is 19.2. The van der Waals surface area contributed by atoms with Gasteiger partial charge in [-0.05, 0) is 132 Å². The summed E-state index contributed by atoms with van der Waals surface area (Å²) in [6.45, 7) is 5.96. The molecular weight excluding hydrogens is 912 g/mol. The molecule has 0 radical (unpaired) electrons. The summed E-state index contributed by atoms with van der Waals surface area (Å²) in [4.78, 5) is 37.3. The molecule has 2 aromatic carbocycles. The van der Waals surface area contributed by atoms with Crippen molar-refractivity contribution in [2.24, 2.45) is 11.3 Å². The summed E-state index contributed by atoms with van der Waals surface area (Å²) in [5, 5.41) is 19.7. The highest BCUT2D eigenvalue weighted by Gasteiger charge is 2.56. The third-order valence-corrected chi connectivity index (χ3v) is 16.9. The van der Waals surface area contributed by atoms with Crippen LogP contribution in [-0.4, -0.2) is 113 Å². The molecule has 3 N–H and O–H groups in total. The first-order valence-electron chi connectivity index (χ1n) is 22.6. The molecule has 5 fully saturated rings. The third-order valence-electron chi connectivity index (χ3n) is 14.8. The molecule has 2 aromatic heterocycles. The Bertz CT molecular complexity index is 2690. The minimum atomic E-state index is -5.07. The van der Waals surface area contributed by atoms with Crippen molar-refractivity contribution in [3.63, 3.8) is 0 Å². The number of aliphatic hydroxyl groups is 1. The second-order valence-corrected chi connectivity index (χ2v) is 21.4. The van der Waals surface area contributed by atoms with Crippen LogP contribution in [0.15, 0.2) is 41.4 Å². The van der Waals surface area contributed by atoms with Gasteiger partial charge in [-0.15, -0.1) is 0 Å². The molecule has 2 atom stereocenters. The Morgan fingerprint density at radius 1 is 0.925 bits per heavy atom. The number of amides is 2. The number of anilines is 4. The van der Waals surface area contributed by atoms with E-state index in [1.54, 1.807) is 26.0 Å². The Labute approximate surface area is 382 Å². The molecule has 2 amide bonds. The normalized spacial score (nSPS) is 23.8. The number of fused-ring (bicyclic) bond motifs is 1. The predicted molar refractivity (Wildman–Crippen MR) is 233 cm³/mol. The number of aryl methyl sites for hydroxylation is 2. The van der Waals surface area contributed by atoms with Gasteiger partial charge in [0.15, 0.2) is 21.3 Å². The summed E-state index contributed by atoms with van der Waals surface area (Å²) >= 11 is 0. The first-order chi connectivity index (χ1) is 31.5. The molecule has 6 heterocycles. The largest absolute Gasteiger partial charge is 0.421 e. The molecule has 1 spiro atoms. The average molecular weight is 964 g/mol. The average Bonchev–Trinajstić information content (AvgIpc) is 3.59. The predicted octanol–water partition coefficient (Wildman–Crippen LogP) is 7.15. The van der Waals surface area contributed by atoms with Crippen LogP contribution in [0.4, 0.5) is 53.9 Å². The molecular formula is C45H52F7N9O5S. The molecule has 67 heavy (non-hydrogen) atoms. The van der Waals surface area contributed by atoms with E-state index in [9.17, 15) is 49.5 Å². The van der Waals surface area contributed by atoms with Crippen molar-refractivity contribution < 1.29 is 53.8 Å². The van der Waals surface area contributed by atoms with Crippen LogP contribution in [0.1, 0.15) is 87.1 Å². The van der Waals surface area contributed by atoms with Gasteiger partial charge in [0.05, 0.1) is 39.0 Å². The van der Waals surface area contributed by atoms with E-state index >= 15 is 4.39 Å². The number of hydrogen-bond acceptors (Lipinski definition) is 12. The summed E-state index contributed by atoms with van der Waals surface area (Å²) in [5.41, 5.74) is -2.42. The molecule has 4 aliphatic heterocycles. The van der Waals surface area contributed by atoms with Crippen LogP contribution in [0.25, 0.3) is 10.9 Å². The minimum Gasteiger partial charge on any atom is -0.379 e. The number of likely N-dealkylation sites (tertiary alicyclic amines) is 1. The number of rotatable bonds is 9. The lowest BCUT2D eigenvalue weighted by molar-refractivity contribution is -0.261. The molecule has 14 nitrogen and oxygen atoms in total. The maximum absolute atomic E-state index is 16.1. The Hall–Kier alpha value is -5.09. The number of piperidine rings is 4. The second kappa shape index (κ2) is 17.1. The Morgan fingerprint density at radius 2 is 1.64 bits per heavy atom. The lowest BCUT2D eigenvalue weighted by atomic mass is 9.63. The Balaban J connectivity index is 0.772. The fourth-order valence-corrected chi connectivity index (χ4v) is 12.9. The topological polar surface area (TPSA) is 166 Å². The summed E-state index contributed by atoms with van der Waals surface area (Å²) in [6, 6.07) is 7.21. The number of alkyl halides is 6. The molecule has 9 rings (SSSR count). The zero-order valence-electron chi connectivity index (χ0n) is 37.0. The van der Waals surface area contributed by atoms with Crippen molar-refractivity contribution >= 4 is 55.7 Å². The fourth-order valence-electron chi connectivity index (χ4n) is 10.8. The van der Waals surface area contributed by atoms with Crippen molar-refractivity contribution in [3.05, 3.63) is 59.2 Å². The van der Waals surface area contributed by atoms with E-state index in [1.165, 1.54) is 22.9 Å². The van der Waals surface area contributed by atoms with E-state index in [0.717, 1.165) is 50.2 Å². The molecule has 4 aromatic rings. The summed E-state index contributed by atoms with van der Waals surface area (Å²) < 4.78 is 128. The summed E-state index contributed by atoms with van der Waals surface area (Å²) in [7, 11) is -3.73. The Kier molecular flexibility index (Phi) is 12.0. The molecule has 2 unspecified atom stereocenters. The third kappa shape index (κ3) is 8.92. The number of aromatic nitrogens is 4. The summed E-state index contributed by atoms with van der Waals surface area (Å²) in [6.07, 6.45) is -5.41. The van der Waals surface area contributed by atoms with Gasteiger partial charge >= 0.3 is 12.4 Å². The molecule has 1 aliphatic carbocycles. The molecule has 22 heteroatoms. The number of hydrogen-bond donors (Lipinski definition) is 3. The highest BCUT2D eigenvalue weighted by atomic mass is 32.2. The maximum Gasteiger partial charge on any atom is 0.421 e. The van der Waals surface area contributed by atoms with E-state index in [2.05, 4.69) is 35.5 Å².